The number of ether oxygens (including phenoxy) is 1. The van der Waals surface area contributed by atoms with Gasteiger partial charge in [0.2, 0.25) is 0 Å². The van der Waals surface area contributed by atoms with E-state index in [1.807, 2.05) is 13.0 Å². The zero-order valence-electron chi connectivity index (χ0n) is 11.1. The lowest BCUT2D eigenvalue weighted by Gasteiger charge is -2.15. The molecule has 0 heterocycles. The molecule has 0 bridgehead atoms. The van der Waals surface area contributed by atoms with Gasteiger partial charge in [-0.05, 0) is 37.5 Å². The van der Waals surface area contributed by atoms with Crippen LogP contribution >= 0.6 is 11.6 Å². The molecular formula is C14H20ClNO2. The van der Waals surface area contributed by atoms with Gasteiger partial charge in [-0.1, -0.05) is 31.5 Å². The summed E-state index contributed by atoms with van der Waals surface area (Å²) in [6, 6.07) is 5.62. The van der Waals surface area contributed by atoms with E-state index in [-0.39, 0.29) is 18.6 Å². The maximum absolute atomic E-state index is 11.7. The molecule has 0 aliphatic carbocycles. The Morgan fingerprint density at radius 1 is 1.39 bits per heavy atom. The molecule has 0 atom stereocenters. The van der Waals surface area contributed by atoms with Gasteiger partial charge in [-0.15, -0.1) is 0 Å². The van der Waals surface area contributed by atoms with E-state index in [9.17, 15) is 4.79 Å². The van der Waals surface area contributed by atoms with Crippen molar-refractivity contribution in [2.75, 3.05) is 6.61 Å². The second-order valence-corrected chi connectivity index (χ2v) is 4.72. The number of nitrogens with one attached hydrogen (secondary N) is 1. The summed E-state index contributed by atoms with van der Waals surface area (Å²) in [5, 5.41) is 3.53. The Morgan fingerprint density at radius 2 is 2.06 bits per heavy atom. The van der Waals surface area contributed by atoms with Crippen molar-refractivity contribution in [3.05, 3.63) is 28.8 Å². The van der Waals surface area contributed by atoms with Crippen molar-refractivity contribution in [2.45, 2.75) is 39.7 Å². The van der Waals surface area contributed by atoms with Crippen molar-refractivity contribution >= 4 is 17.5 Å². The molecule has 1 amide bonds. The van der Waals surface area contributed by atoms with E-state index in [0.717, 1.165) is 18.4 Å². The smallest absolute Gasteiger partial charge is 0.258 e. The molecular weight excluding hydrogens is 250 g/mol. The van der Waals surface area contributed by atoms with E-state index in [2.05, 4.69) is 19.2 Å². The fourth-order valence-electron chi connectivity index (χ4n) is 1.63. The van der Waals surface area contributed by atoms with Crippen LogP contribution in [0.5, 0.6) is 5.75 Å². The Morgan fingerprint density at radius 3 is 2.67 bits per heavy atom. The topological polar surface area (TPSA) is 38.3 Å². The van der Waals surface area contributed by atoms with Crippen molar-refractivity contribution in [1.82, 2.24) is 5.32 Å². The van der Waals surface area contributed by atoms with Crippen LogP contribution in [0.4, 0.5) is 0 Å². The summed E-state index contributed by atoms with van der Waals surface area (Å²) >= 11 is 5.88. The first kappa shape index (κ1) is 14.8. The first-order valence-electron chi connectivity index (χ1n) is 6.25. The highest BCUT2D eigenvalue weighted by Gasteiger charge is 2.09. The van der Waals surface area contributed by atoms with Crippen LogP contribution < -0.4 is 10.1 Å². The van der Waals surface area contributed by atoms with Crippen molar-refractivity contribution in [1.29, 1.82) is 0 Å². The second kappa shape index (κ2) is 7.27. The van der Waals surface area contributed by atoms with Crippen LogP contribution in [0.2, 0.25) is 5.02 Å². The second-order valence-electron chi connectivity index (χ2n) is 4.28. The van der Waals surface area contributed by atoms with Crippen LogP contribution in [-0.2, 0) is 4.79 Å². The summed E-state index contributed by atoms with van der Waals surface area (Å²) in [5.41, 5.74) is 0.967. The third kappa shape index (κ3) is 4.57. The fraction of sp³-hybridized carbons (Fsp3) is 0.500. The molecule has 1 aromatic carbocycles. The highest BCUT2D eigenvalue weighted by molar-refractivity contribution is 6.30. The Bertz CT molecular complexity index is 403. The zero-order valence-corrected chi connectivity index (χ0v) is 11.9. The molecule has 0 aliphatic rings. The molecule has 1 N–H and O–H groups in total. The number of carbonyl (C=O) groups excluding carboxylic acids is 1. The minimum Gasteiger partial charge on any atom is -0.483 e. The number of benzene rings is 1. The van der Waals surface area contributed by atoms with Crippen LogP contribution in [0.25, 0.3) is 0 Å². The minimum atomic E-state index is -0.0944. The number of hydrogen-bond donors (Lipinski definition) is 1. The highest BCUT2D eigenvalue weighted by atomic mass is 35.5. The lowest BCUT2D eigenvalue weighted by Crippen LogP contribution is -2.37. The van der Waals surface area contributed by atoms with E-state index < -0.39 is 0 Å². The molecule has 4 heteroatoms. The van der Waals surface area contributed by atoms with Gasteiger partial charge in [0.25, 0.3) is 5.91 Å². The minimum absolute atomic E-state index is 0.0255. The molecule has 18 heavy (non-hydrogen) atoms. The van der Waals surface area contributed by atoms with Gasteiger partial charge in [0.05, 0.1) is 0 Å². The molecule has 0 unspecified atom stereocenters. The largest absolute Gasteiger partial charge is 0.483 e. The number of carbonyl (C=O) groups is 1. The normalized spacial score (nSPS) is 10.5. The van der Waals surface area contributed by atoms with E-state index >= 15 is 0 Å². The van der Waals surface area contributed by atoms with Crippen molar-refractivity contribution in [3.63, 3.8) is 0 Å². The van der Waals surface area contributed by atoms with Gasteiger partial charge in [-0.3, -0.25) is 4.79 Å². The zero-order chi connectivity index (χ0) is 13.5. The third-order valence-corrected chi connectivity index (χ3v) is 3.09. The van der Waals surface area contributed by atoms with Crippen LogP contribution in [0.3, 0.4) is 0 Å². The van der Waals surface area contributed by atoms with Gasteiger partial charge in [0, 0.05) is 11.1 Å². The summed E-state index contributed by atoms with van der Waals surface area (Å²) in [5.74, 6) is 0.560. The van der Waals surface area contributed by atoms with Gasteiger partial charge >= 0.3 is 0 Å². The molecule has 0 spiro atoms. The molecule has 1 aromatic rings. The number of rotatable bonds is 6. The molecule has 3 nitrogen and oxygen atoms in total. The Balaban J connectivity index is 2.49. The molecule has 0 fully saturated rings. The van der Waals surface area contributed by atoms with Gasteiger partial charge in [0.1, 0.15) is 5.75 Å². The molecule has 0 aliphatic heterocycles. The highest BCUT2D eigenvalue weighted by Crippen LogP contribution is 2.22. The summed E-state index contributed by atoms with van der Waals surface area (Å²) in [4.78, 5) is 11.7. The van der Waals surface area contributed by atoms with Crippen molar-refractivity contribution in [3.8, 4) is 5.75 Å². The lowest BCUT2D eigenvalue weighted by molar-refractivity contribution is -0.123. The van der Waals surface area contributed by atoms with E-state index in [4.69, 9.17) is 16.3 Å². The Labute approximate surface area is 113 Å². The first-order valence-corrected chi connectivity index (χ1v) is 6.62. The van der Waals surface area contributed by atoms with Crippen LogP contribution in [0, 0.1) is 6.92 Å². The van der Waals surface area contributed by atoms with Crippen LogP contribution in [-0.4, -0.2) is 18.6 Å². The molecule has 0 aromatic heterocycles. The number of halogens is 1. The summed E-state index contributed by atoms with van der Waals surface area (Å²) < 4.78 is 5.47. The summed E-state index contributed by atoms with van der Waals surface area (Å²) in [6.45, 7) is 6.05. The number of aryl methyl sites for hydroxylation is 1. The van der Waals surface area contributed by atoms with Gasteiger partial charge in [-0.25, -0.2) is 0 Å². The number of amides is 1. The quantitative estimate of drug-likeness (QED) is 0.860. The van der Waals surface area contributed by atoms with Crippen LogP contribution in [0.15, 0.2) is 18.2 Å². The van der Waals surface area contributed by atoms with Crippen molar-refractivity contribution in [2.24, 2.45) is 0 Å². The predicted octanol–water partition coefficient (Wildman–Crippen LogP) is 3.33. The average Bonchev–Trinajstić information content (AvgIpc) is 2.37. The summed E-state index contributed by atoms with van der Waals surface area (Å²) in [7, 11) is 0. The summed E-state index contributed by atoms with van der Waals surface area (Å²) in [6.07, 6.45) is 1.86. The number of hydrogen-bond acceptors (Lipinski definition) is 2. The third-order valence-electron chi connectivity index (χ3n) is 2.86. The molecule has 0 saturated heterocycles. The maximum atomic E-state index is 11.7. The average molecular weight is 270 g/mol. The van der Waals surface area contributed by atoms with Gasteiger partial charge in [-0.2, -0.15) is 0 Å². The SMILES string of the molecule is CCC(CC)NC(=O)COc1cc(Cl)ccc1C. The maximum Gasteiger partial charge on any atom is 0.258 e. The molecule has 100 valence electrons. The van der Waals surface area contributed by atoms with Crippen molar-refractivity contribution < 1.29 is 9.53 Å². The first-order chi connectivity index (χ1) is 8.56. The molecule has 0 radical (unpaired) electrons. The fourth-order valence-corrected chi connectivity index (χ4v) is 1.80. The van der Waals surface area contributed by atoms with E-state index in [1.165, 1.54) is 0 Å². The van der Waals surface area contributed by atoms with Gasteiger partial charge < -0.3 is 10.1 Å². The standard InChI is InChI=1S/C14H20ClNO2/c1-4-12(5-2)16-14(17)9-18-13-8-11(15)7-6-10(13)3/h6-8,12H,4-5,9H2,1-3H3,(H,16,17). The Hall–Kier alpha value is -1.22. The van der Waals surface area contributed by atoms with Gasteiger partial charge in [0.15, 0.2) is 6.61 Å². The molecule has 1 rings (SSSR count). The van der Waals surface area contributed by atoms with E-state index in [1.54, 1.807) is 12.1 Å². The predicted molar refractivity (Wildman–Crippen MR) is 74.2 cm³/mol. The molecule has 0 saturated carbocycles. The lowest BCUT2D eigenvalue weighted by atomic mass is 10.2. The Kier molecular flexibility index (Phi) is 5.99. The monoisotopic (exact) mass is 269 g/mol. The van der Waals surface area contributed by atoms with Crippen LogP contribution in [0.1, 0.15) is 32.3 Å². The van der Waals surface area contributed by atoms with E-state index in [0.29, 0.717) is 10.8 Å².